The second kappa shape index (κ2) is 8.73. The largest absolute Gasteiger partial charge is 0.490 e. The minimum atomic E-state index is -3.40. The standard InChI is InChI=1S/C17H20ClF2N3O4S/c1-2-28(24,25)22-15-3-4-26-9-11(15)10-27-17-6-13(19)16(5-14(17)20)23-8-12(18)7-21-23/h5-8,11,15,22H,2-4,9-10H2,1H3/t11-,15+/m1/s1. The molecular formula is C17H20ClF2N3O4S. The molecule has 1 aliphatic heterocycles. The Bertz CT molecular complexity index is 938. The van der Waals surface area contributed by atoms with Crippen molar-refractivity contribution in [2.75, 3.05) is 25.6 Å². The maximum atomic E-state index is 14.4. The lowest BCUT2D eigenvalue weighted by molar-refractivity contribution is 0.0180. The highest BCUT2D eigenvalue weighted by Gasteiger charge is 2.30. The molecule has 7 nitrogen and oxygen atoms in total. The summed E-state index contributed by atoms with van der Waals surface area (Å²) in [6.07, 6.45) is 3.14. The average molecular weight is 436 g/mol. The van der Waals surface area contributed by atoms with E-state index in [1.54, 1.807) is 6.92 Å². The molecule has 0 bridgehead atoms. The number of hydrogen-bond donors (Lipinski definition) is 1. The molecule has 2 atom stereocenters. The summed E-state index contributed by atoms with van der Waals surface area (Å²) in [7, 11) is -3.40. The molecule has 1 aliphatic rings. The van der Waals surface area contributed by atoms with Gasteiger partial charge < -0.3 is 9.47 Å². The van der Waals surface area contributed by atoms with Crippen LogP contribution in [0.1, 0.15) is 13.3 Å². The van der Waals surface area contributed by atoms with Crippen molar-refractivity contribution in [3.05, 3.63) is 41.2 Å². The number of hydrogen-bond acceptors (Lipinski definition) is 5. The Balaban J connectivity index is 1.71. The lowest BCUT2D eigenvalue weighted by atomic mass is 9.98. The molecule has 0 saturated carbocycles. The number of benzene rings is 1. The van der Waals surface area contributed by atoms with Gasteiger partial charge in [-0.15, -0.1) is 0 Å². The average Bonchev–Trinajstić information content (AvgIpc) is 3.09. The molecule has 0 amide bonds. The molecule has 154 valence electrons. The van der Waals surface area contributed by atoms with Gasteiger partial charge in [-0.25, -0.2) is 26.6 Å². The van der Waals surface area contributed by atoms with Gasteiger partial charge in [0.15, 0.2) is 17.4 Å². The Labute approximate surface area is 166 Å². The van der Waals surface area contributed by atoms with E-state index in [1.807, 2.05) is 0 Å². The van der Waals surface area contributed by atoms with Crippen molar-refractivity contribution in [2.45, 2.75) is 19.4 Å². The van der Waals surface area contributed by atoms with Gasteiger partial charge in [-0.05, 0) is 13.3 Å². The van der Waals surface area contributed by atoms with Crippen LogP contribution in [-0.2, 0) is 14.8 Å². The molecule has 2 aromatic rings. The summed E-state index contributed by atoms with van der Waals surface area (Å²) < 4.78 is 67.0. The first-order valence-electron chi connectivity index (χ1n) is 8.69. The summed E-state index contributed by atoms with van der Waals surface area (Å²) in [6.45, 7) is 2.18. The van der Waals surface area contributed by atoms with Gasteiger partial charge in [0.1, 0.15) is 5.69 Å². The van der Waals surface area contributed by atoms with E-state index < -0.39 is 27.7 Å². The van der Waals surface area contributed by atoms with Gasteiger partial charge in [0, 0.05) is 36.9 Å². The van der Waals surface area contributed by atoms with E-state index in [4.69, 9.17) is 21.1 Å². The molecule has 1 aromatic carbocycles. The van der Waals surface area contributed by atoms with Crippen molar-refractivity contribution in [3.63, 3.8) is 0 Å². The van der Waals surface area contributed by atoms with Crippen LogP contribution in [0.4, 0.5) is 8.78 Å². The van der Waals surface area contributed by atoms with E-state index in [1.165, 1.54) is 12.4 Å². The molecule has 1 fully saturated rings. The molecule has 3 rings (SSSR count). The zero-order valence-electron chi connectivity index (χ0n) is 15.1. The fraction of sp³-hybridized carbons (Fsp3) is 0.471. The second-order valence-electron chi connectivity index (χ2n) is 6.40. The molecule has 11 heteroatoms. The number of halogens is 3. The molecule has 0 aliphatic carbocycles. The SMILES string of the molecule is CCS(=O)(=O)N[C@H]1CCOC[C@@H]1COc1cc(F)c(-n2cc(Cl)cn2)cc1F. The van der Waals surface area contributed by atoms with E-state index in [0.29, 0.717) is 13.0 Å². The van der Waals surface area contributed by atoms with E-state index in [-0.39, 0.29) is 41.3 Å². The third-order valence-electron chi connectivity index (χ3n) is 4.44. The second-order valence-corrected chi connectivity index (χ2v) is 8.88. The number of nitrogens with one attached hydrogen (secondary N) is 1. The van der Waals surface area contributed by atoms with Crippen LogP contribution in [0.15, 0.2) is 24.5 Å². The van der Waals surface area contributed by atoms with Crippen molar-refractivity contribution < 1.29 is 26.7 Å². The summed E-state index contributed by atoms with van der Waals surface area (Å²) in [4.78, 5) is 0. The van der Waals surface area contributed by atoms with Crippen LogP contribution in [0.25, 0.3) is 5.69 Å². The Morgan fingerprint density at radius 2 is 2.18 bits per heavy atom. The highest BCUT2D eigenvalue weighted by atomic mass is 35.5. The first-order valence-corrected chi connectivity index (χ1v) is 10.7. The minimum absolute atomic E-state index is 0.0276. The molecule has 0 unspecified atom stereocenters. The third-order valence-corrected chi connectivity index (χ3v) is 6.05. The fourth-order valence-corrected chi connectivity index (χ4v) is 3.94. The van der Waals surface area contributed by atoms with Gasteiger partial charge in [0.25, 0.3) is 0 Å². The van der Waals surface area contributed by atoms with Crippen molar-refractivity contribution in [1.82, 2.24) is 14.5 Å². The van der Waals surface area contributed by atoms with Crippen molar-refractivity contribution in [2.24, 2.45) is 5.92 Å². The summed E-state index contributed by atoms with van der Waals surface area (Å²) in [5.74, 6) is -2.16. The molecule has 0 spiro atoms. The Morgan fingerprint density at radius 1 is 1.39 bits per heavy atom. The summed E-state index contributed by atoms with van der Waals surface area (Å²) in [6, 6.07) is 1.50. The topological polar surface area (TPSA) is 82.5 Å². The van der Waals surface area contributed by atoms with Gasteiger partial charge in [-0.3, -0.25) is 0 Å². The van der Waals surface area contributed by atoms with E-state index >= 15 is 0 Å². The quantitative estimate of drug-likeness (QED) is 0.722. The van der Waals surface area contributed by atoms with Gasteiger partial charge in [0.05, 0.1) is 30.2 Å². The van der Waals surface area contributed by atoms with Gasteiger partial charge in [-0.2, -0.15) is 5.10 Å². The summed E-state index contributed by atoms with van der Waals surface area (Å²) >= 11 is 5.75. The predicted molar refractivity (Wildman–Crippen MR) is 99.3 cm³/mol. The number of aromatic nitrogens is 2. The Morgan fingerprint density at radius 3 is 2.86 bits per heavy atom. The van der Waals surface area contributed by atoms with Crippen LogP contribution in [0.5, 0.6) is 5.75 Å². The number of nitrogens with zero attached hydrogens (tertiary/aromatic N) is 2. The van der Waals surface area contributed by atoms with Crippen LogP contribution >= 0.6 is 11.6 Å². The van der Waals surface area contributed by atoms with Gasteiger partial charge >= 0.3 is 0 Å². The van der Waals surface area contributed by atoms with Crippen LogP contribution in [0.3, 0.4) is 0 Å². The highest BCUT2D eigenvalue weighted by molar-refractivity contribution is 7.89. The van der Waals surface area contributed by atoms with Gasteiger partial charge in [0.2, 0.25) is 10.0 Å². The maximum Gasteiger partial charge on any atom is 0.211 e. The Kier molecular flexibility index (Phi) is 6.54. The van der Waals surface area contributed by atoms with Crippen LogP contribution < -0.4 is 9.46 Å². The van der Waals surface area contributed by atoms with Crippen molar-refractivity contribution in [1.29, 1.82) is 0 Å². The summed E-state index contributed by atoms with van der Waals surface area (Å²) in [5, 5.41) is 4.13. The zero-order valence-corrected chi connectivity index (χ0v) is 16.6. The number of sulfonamides is 1. The molecular weight excluding hydrogens is 416 g/mol. The number of rotatable bonds is 7. The molecule has 0 radical (unpaired) electrons. The Hall–Kier alpha value is -1.75. The molecule has 28 heavy (non-hydrogen) atoms. The highest BCUT2D eigenvalue weighted by Crippen LogP contribution is 2.26. The minimum Gasteiger partial charge on any atom is -0.490 e. The molecule has 2 heterocycles. The first kappa shape index (κ1) is 21.0. The maximum absolute atomic E-state index is 14.4. The predicted octanol–water partition coefficient (Wildman–Crippen LogP) is 2.53. The van der Waals surface area contributed by atoms with E-state index in [9.17, 15) is 17.2 Å². The van der Waals surface area contributed by atoms with Gasteiger partial charge in [-0.1, -0.05) is 11.6 Å². The lowest BCUT2D eigenvalue weighted by Crippen LogP contribution is -2.48. The van der Waals surface area contributed by atoms with E-state index in [0.717, 1.165) is 16.8 Å². The van der Waals surface area contributed by atoms with Crippen LogP contribution in [0, 0.1) is 17.6 Å². The lowest BCUT2D eigenvalue weighted by Gasteiger charge is -2.31. The summed E-state index contributed by atoms with van der Waals surface area (Å²) in [5.41, 5.74) is -0.105. The van der Waals surface area contributed by atoms with Crippen LogP contribution in [0.2, 0.25) is 5.02 Å². The zero-order chi connectivity index (χ0) is 20.3. The first-order chi connectivity index (χ1) is 13.3. The third kappa shape index (κ3) is 4.99. The smallest absolute Gasteiger partial charge is 0.211 e. The normalized spacial score (nSPS) is 20.3. The monoisotopic (exact) mass is 435 g/mol. The van der Waals surface area contributed by atoms with E-state index in [2.05, 4.69) is 9.82 Å². The molecule has 1 aromatic heterocycles. The molecule has 1 N–H and O–H groups in total. The fourth-order valence-electron chi connectivity index (χ4n) is 2.86. The van der Waals surface area contributed by atoms with Crippen LogP contribution in [-0.4, -0.2) is 49.8 Å². The number of ether oxygens (including phenoxy) is 2. The van der Waals surface area contributed by atoms with Crippen molar-refractivity contribution in [3.8, 4) is 11.4 Å². The molecule has 1 saturated heterocycles. The van der Waals surface area contributed by atoms with Crippen molar-refractivity contribution >= 4 is 21.6 Å².